The number of rotatable bonds is 8. The molecule has 2 aliphatic carbocycles. The van der Waals surface area contributed by atoms with Crippen molar-refractivity contribution in [2.75, 3.05) is 20.3 Å². The molecule has 41 heavy (non-hydrogen) atoms. The Labute approximate surface area is 257 Å². The van der Waals surface area contributed by atoms with Crippen LogP contribution >= 0.6 is 27.5 Å². The number of benzene rings is 2. The van der Waals surface area contributed by atoms with Gasteiger partial charge in [0.25, 0.3) is 0 Å². The average molecular weight is 641 g/mol. The van der Waals surface area contributed by atoms with E-state index in [1.54, 1.807) is 7.11 Å². The minimum Gasteiger partial charge on any atom is -0.489 e. The third-order valence-corrected chi connectivity index (χ3v) is 9.09. The molecule has 3 aliphatic rings. The molecule has 0 aromatic heterocycles. The highest BCUT2D eigenvalue weighted by Gasteiger charge is 2.49. The maximum Gasteiger partial charge on any atom is 0.162 e. The Kier molecular flexibility index (Phi) is 8.58. The lowest BCUT2D eigenvalue weighted by Gasteiger charge is -2.49. The van der Waals surface area contributed by atoms with E-state index >= 15 is 0 Å². The van der Waals surface area contributed by atoms with Crippen LogP contribution in [0.3, 0.4) is 0 Å². The number of methoxy groups -OCH3 is 1. The summed E-state index contributed by atoms with van der Waals surface area (Å²) in [7, 11) is 1.71. The molecule has 2 aromatic carbocycles. The van der Waals surface area contributed by atoms with Crippen LogP contribution in [-0.4, -0.2) is 36.7 Å². The van der Waals surface area contributed by atoms with Gasteiger partial charge >= 0.3 is 0 Å². The van der Waals surface area contributed by atoms with Gasteiger partial charge in [0.2, 0.25) is 0 Å². The number of halogens is 2. The monoisotopic (exact) mass is 639 g/mol. The highest BCUT2D eigenvalue weighted by atomic mass is 79.9. The van der Waals surface area contributed by atoms with Crippen molar-refractivity contribution in [2.45, 2.75) is 72.3 Å². The Morgan fingerprint density at radius 2 is 1.49 bits per heavy atom. The molecule has 0 bridgehead atoms. The molecular formula is C34H39BrClNO4. The van der Waals surface area contributed by atoms with Crippen LogP contribution in [0.1, 0.15) is 76.8 Å². The second-order valence-corrected chi connectivity index (χ2v) is 14.5. The van der Waals surface area contributed by atoms with E-state index in [1.807, 2.05) is 42.5 Å². The summed E-state index contributed by atoms with van der Waals surface area (Å²) in [5, 5.41) is 0.673. The minimum absolute atomic E-state index is 0.116. The summed E-state index contributed by atoms with van der Waals surface area (Å²) in [6.45, 7) is 10.3. The van der Waals surface area contributed by atoms with Gasteiger partial charge in [-0.15, -0.1) is 0 Å². The van der Waals surface area contributed by atoms with Gasteiger partial charge in [-0.1, -0.05) is 67.4 Å². The number of carbonyl (C=O) groups is 2. The average Bonchev–Trinajstić information content (AvgIpc) is 2.88. The van der Waals surface area contributed by atoms with Gasteiger partial charge in [-0.3, -0.25) is 9.59 Å². The van der Waals surface area contributed by atoms with E-state index in [0.717, 1.165) is 57.4 Å². The molecule has 5 rings (SSSR count). The predicted molar refractivity (Wildman–Crippen MR) is 166 cm³/mol. The maximum atomic E-state index is 14.1. The van der Waals surface area contributed by atoms with Crippen LogP contribution in [-0.2, 0) is 20.9 Å². The maximum absolute atomic E-state index is 14.1. The quantitative estimate of drug-likeness (QED) is 0.271. The third kappa shape index (κ3) is 6.35. The Morgan fingerprint density at radius 3 is 2.05 bits per heavy atom. The van der Waals surface area contributed by atoms with Gasteiger partial charge in [-0.05, 0) is 66.0 Å². The van der Waals surface area contributed by atoms with Gasteiger partial charge in [0.05, 0.1) is 0 Å². The Hall–Kier alpha value is -2.41. The van der Waals surface area contributed by atoms with Crippen LogP contribution in [0.5, 0.6) is 5.75 Å². The van der Waals surface area contributed by atoms with Crippen molar-refractivity contribution >= 4 is 39.1 Å². The molecule has 2 aromatic rings. The molecule has 0 amide bonds. The molecule has 5 nitrogen and oxygen atoms in total. The molecule has 0 unspecified atom stereocenters. The predicted octanol–water partition coefficient (Wildman–Crippen LogP) is 8.40. The first-order valence-corrected chi connectivity index (χ1v) is 15.5. The molecule has 0 radical (unpaired) electrons. The summed E-state index contributed by atoms with van der Waals surface area (Å²) in [5.41, 5.74) is 5.12. The number of ketones is 2. The first-order chi connectivity index (χ1) is 19.4. The van der Waals surface area contributed by atoms with E-state index in [-0.39, 0.29) is 22.4 Å². The molecule has 1 heterocycles. The van der Waals surface area contributed by atoms with Crippen molar-refractivity contribution in [3.05, 3.63) is 85.6 Å². The largest absolute Gasteiger partial charge is 0.489 e. The van der Waals surface area contributed by atoms with E-state index in [4.69, 9.17) is 21.1 Å². The molecular weight excluding hydrogens is 602 g/mol. The highest BCUT2D eigenvalue weighted by molar-refractivity contribution is 9.10. The van der Waals surface area contributed by atoms with Crippen LogP contribution in [0.2, 0.25) is 5.02 Å². The van der Waals surface area contributed by atoms with E-state index in [1.165, 1.54) is 0 Å². The molecule has 0 N–H and O–H groups in total. The number of allylic oxidation sites excluding steroid dienone is 4. The second-order valence-electron chi connectivity index (χ2n) is 13.1. The highest BCUT2D eigenvalue weighted by Crippen LogP contribution is 2.55. The molecule has 1 aliphatic heterocycles. The van der Waals surface area contributed by atoms with Crippen LogP contribution in [0, 0.1) is 10.8 Å². The minimum atomic E-state index is -0.469. The first-order valence-electron chi connectivity index (χ1n) is 14.3. The van der Waals surface area contributed by atoms with E-state index in [0.29, 0.717) is 43.4 Å². The number of hydrogen-bond acceptors (Lipinski definition) is 5. The van der Waals surface area contributed by atoms with Crippen molar-refractivity contribution in [2.24, 2.45) is 10.8 Å². The van der Waals surface area contributed by atoms with Gasteiger partial charge < -0.3 is 14.4 Å². The molecule has 218 valence electrons. The first kappa shape index (κ1) is 30.1. The van der Waals surface area contributed by atoms with Crippen LogP contribution in [0.25, 0.3) is 0 Å². The van der Waals surface area contributed by atoms with Gasteiger partial charge in [0.1, 0.15) is 12.4 Å². The van der Waals surface area contributed by atoms with Crippen LogP contribution in [0.4, 0.5) is 0 Å². The second kappa shape index (κ2) is 11.7. The normalized spacial score (nSPS) is 20.3. The van der Waals surface area contributed by atoms with Crippen molar-refractivity contribution in [3.8, 4) is 5.75 Å². The number of Topliss-reactive ketones (excluding diaryl/α,β-unsaturated/α-hetero) is 2. The zero-order valence-electron chi connectivity index (χ0n) is 24.6. The Balaban J connectivity index is 1.68. The van der Waals surface area contributed by atoms with Gasteiger partial charge in [0.15, 0.2) is 11.6 Å². The fourth-order valence-corrected chi connectivity index (χ4v) is 7.12. The van der Waals surface area contributed by atoms with Crippen LogP contribution < -0.4 is 4.74 Å². The van der Waals surface area contributed by atoms with Crippen LogP contribution in [0.15, 0.2) is 69.5 Å². The third-order valence-electron chi connectivity index (χ3n) is 8.34. The van der Waals surface area contributed by atoms with Gasteiger partial charge in [0, 0.05) is 76.6 Å². The van der Waals surface area contributed by atoms with E-state index < -0.39 is 5.92 Å². The summed E-state index contributed by atoms with van der Waals surface area (Å²) in [6, 6.07) is 13.5. The summed E-state index contributed by atoms with van der Waals surface area (Å²) in [4.78, 5) is 30.5. The number of nitrogens with zero attached hydrogens (tertiary/aromatic N) is 1. The summed E-state index contributed by atoms with van der Waals surface area (Å²) < 4.78 is 12.7. The molecule has 0 saturated heterocycles. The van der Waals surface area contributed by atoms with E-state index in [2.05, 4.69) is 48.5 Å². The SMILES string of the molecule is COCCCN1C2=C(C(=O)CC(C)(C)C2)C(c2cc(Br)ccc2OCc2ccc(Cl)cc2)C2=C1CC(C)(C)CC2=O. The zero-order valence-corrected chi connectivity index (χ0v) is 27.0. The standard InChI is InChI=1S/C34H39BrClNO4/c1-33(2)16-25-31(27(38)18-33)30(32-26(37(25)13-6-14-40-5)17-34(3,4)19-28(32)39)24-15-22(35)9-12-29(24)41-20-21-7-10-23(36)11-8-21/h7-12,15,30H,6,13-14,16-20H2,1-5H3. The fraction of sp³-hybridized carbons (Fsp3) is 0.471. The lowest BCUT2D eigenvalue weighted by Crippen LogP contribution is -2.44. The molecule has 0 saturated carbocycles. The molecule has 0 atom stereocenters. The number of hydrogen-bond donors (Lipinski definition) is 0. The molecule has 7 heteroatoms. The van der Waals surface area contributed by atoms with Crippen molar-refractivity contribution in [1.29, 1.82) is 0 Å². The van der Waals surface area contributed by atoms with Crippen molar-refractivity contribution < 1.29 is 19.1 Å². The summed E-state index contributed by atoms with van der Waals surface area (Å²) in [6.07, 6.45) is 3.26. The molecule has 0 spiro atoms. The molecule has 0 fully saturated rings. The van der Waals surface area contributed by atoms with Gasteiger partial charge in [-0.25, -0.2) is 0 Å². The zero-order chi connectivity index (χ0) is 29.5. The lowest BCUT2D eigenvalue weighted by molar-refractivity contribution is -0.119. The van der Waals surface area contributed by atoms with Gasteiger partial charge in [-0.2, -0.15) is 0 Å². The Bertz CT molecular complexity index is 1370. The Morgan fingerprint density at radius 1 is 0.902 bits per heavy atom. The smallest absolute Gasteiger partial charge is 0.162 e. The van der Waals surface area contributed by atoms with E-state index in [9.17, 15) is 9.59 Å². The summed E-state index contributed by atoms with van der Waals surface area (Å²) >= 11 is 9.76. The topological polar surface area (TPSA) is 55.8 Å². The van der Waals surface area contributed by atoms with Crippen molar-refractivity contribution in [3.63, 3.8) is 0 Å². The number of carbonyl (C=O) groups excluding carboxylic acids is 2. The number of ether oxygens (including phenoxy) is 2. The van der Waals surface area contributed by atoms with Crippen molar-refractivity contribution in [1.82, 2.24) is 4.90 Å². The fourth-order valence-electron chi connectivity index (χ4n) is 6.61. The summed E-state index contributed by atoms with van der Waals surface area (Å²) in [5.74, 6) is 0.440. The lowest BCUT2D eigenvalue weighted by atomic mass is 9.63.